The van der Waals surface area contributed by atoms with Gasteiger partial charge in [-0.3, -0.25) is 9.78 Å². The monoisotopic (exact) mass is 881 g/mol. The Bertz CT molecular complexity index is 2490. The first-order valence-electron chi connectivity index (χ1n) is 20.7. The summed E-state index contributed by atoms with van der Waals surface area (Å²) < 4.78 is 17.7. The van der Waals surface area contributed by atoms with Gasteiger partial charge in [-0.15, -0.1) is 0 Å². The van der Waals surface area contributed by atoms with E-state index >= 15 is 4.79 Å². The molecule has 0 spiro atoms. The molecule has 2 atom stereocenters. The first-order valence-corrected chi connectivity index (χ1v) is 21.4. The fraction of sp³-hybridized carbons (Fsp3) is 0.319. The number of morpholine rings is 1. The molecule has 0 saturated carbocycles. The molecule has 3 aliphatic heterocycles. The maximum atomic E-state index is 15.4. The summed E-state index contributed by atoms with van der Waals surface area (Å²) in [5, 5.41) is 3.47. The second kappa shape index (κ2) is 17.5. The Kier molecular flexibility index (Phi) is 11.5. The number of halogens is 1. The molecule has 2 fully saturated rings. The molecule has 3 aromatic heterocycles. The van der Waals surface area contributed by atoms with E-state index < -0.39 is 5.54 Å². The molecular weight excluding hydrogens is 834 g/mol. The lowest BCUT2D eigenvalue weighted by molar-refractivity contribution is 0.0199. The Hall–Kier alpha value is -6.12. The number of hydrogen-bond acceptors (Lipinski definition) is 12. The fourth-order valence-corrected chi connectivity index (χ4v) is 9.16. The second-order valence-electron chi connectivity index (χ2n) is 15.6. The maximum absolute atomic E-state index is 15.4. The van der Waals surface area contributed by atoms with Crippen molar-refractivity contribution < 1.29 is 19.0 Å². The van der Waals surface area contributed by atoms with Crippen molar-refractivity contribution in [1.82, 2.24) is 29.8 Å². The molecule has 2 unspecified atom stereocenters. The van der Waals surface area contributed by atoms with Crippen LogP contribution in [0.1, 0.15) is 38.4 Å². The van der Waals surface area contributed by atoms with Gasteiger partial charge >= 0.3 is 0 Å². The molecule has 2 saturated heterocycles. The third kappa shape index (κ3) is 7.97. The lowest BCUT2D eigenvalue weighted by Gasteiger charge is -2.56. The summed E-state index contributed by atoms with van der Waals surface area (Å²) in [6, 6.07) is 25.7. The molecule has 1 amide bonds. The highest BCUT2D eigenvalue weighted by molar-refractivity contribution is 9.10. The first kappa shape index (κ1) is 40.3. The molecular formula is C47H48BrN9O4. The number of hydrogen-bond donors (Lipinski definition) is 1. The van der Waals surface area contributed by atoms with Crippen LogP contribution in [0.3, 0.4) is 0 Å². The molecule has 0 radical (unpaired) electrons. The van der Waals surface area contributed by atoms with Crippen molar-refractivity contribution >= 4 is 39.3 Å². The quantitative estimate of drug-likeness (QED) is 0.145. The number of carbonyl (C=O) groups excluding carboxylic acids is 1. The molecule has 0 aliphatic carbocycles. The number of benzene rings is 3. The van der Waals surface area contributed by atoms with Gasteiger partial charge in [-0.2, -0.15) is 4.98 Å². The minimum atomic E-state index is -1.12. The lowest BCUT2D eigenvalue weighted by Crippen LogP contribution is -2.69. The van der Waals surface area contributed by atoms with E-state index in [0.29, 0.717) is 69.6 Å². The van der Waals surface area contributed by atoms with Crippen molar-refractivity contribution in [2.45, 2.75) is 37.8 Å². The summed E-state index contributed by atoms with van der Waals surface area (Å²) in [7, 11) is 3.33. The molecule has 61 heavy (non-hydrogen) atoms. The van der Waals surface area contributed by atoms with E-state index in [0.717, 1.165) is 74.0 Å². The van der Waals surface area contributed by atoms with E-state index in [9.17, 15) is 0 Å². The molecule has 14 heteroatoms. The van der Waals surface area contributed by atoms with Crippen LogP contribution >= 0.6 is 15.9 Å². The predicted molar refractivity (Wildman–Crippen MR) is 239 cm³/mol. The third-order valence-corrected chi connectivity index (χ3v) is 13.0. The molecule has 1 N–H and O–H groups in total. The third-order valence-electron chi connectivity index (χ3n) is 12.1. The Balaban J connectivity index is 1.25. The zero-order valence-electron chi connectivity index (χ0n) is 34.6. The first-order chi connectivity index (χ1) is 29.8. The van der Waals surface area contributed by atoms with Gasteiger partial charge in [-0.1, -0.05) is 40.2 Å². The smallest absolute Gasteiger partial charge is 0.254 e. The van der Waals surface area contributed by atoms with Crippen LogP contribution in [0.4, 0.5) is 17.5 Å². The number of rotatable bonds is 11. The minimum Gasteiger partial charge on any atom is -0.497 e. The fourth-order valence-electron chi connectivity index (χ4n) is 8.91. The number of nitrogens with zero attached hydrogens (tertiary/aromatic N) is 8. The zero-order chi connectivity index (χ0) is 41.9. The SMILES string of the molecule is COc1ccc(CC2N(c3cccnc3)CCN(C(=O)c3ccc(Br)c(C)c3)C2(Cc2ccc(OC)cc2)c2ncc(-c3nc(N4CCOCC4)nc4c3CCN4)cn2)cc1. The van der Waals surface area contributed by atoms with Crippen LogP contribution in [0.5, 0.6) is 11.5 Å². The van der Waals surface area contributed by atoms with E-state index in [1.54, 1.807) is 20.4 Å². The molecule has 3 aromatic carbocycles. The number of methoxy groups -OCH3 is 2. The Morgan fingerprint density at radius 3 is 2.28 bits per heavy atom. The van der Waals surface area contributed by atoms with Crippen molar-refractivity contribution in [2.75, 3.05) is 75.3 Å². The Morgan fingerprint density at radius 2 is 1.61 bits per heavy atom. The number of amides is 1. The Morgan fingerprint density at radius 1 is 0.885 bits per heavy atom. The summed E-state index contributed by atoms with van der Waals surface area (Å²) in [6.07, 6.45) is 9.18. The molecule has 312 valence electrons. The van der Waals surface area contributed by atoms with Crippen LogP contribution in [0.2, 0.25) is 0 Å². The van der Waals surface area contributed by atoms with Crippen LogP contribution in [0, 0.1) is 6.92 Å². The standard InChI is InChI=1S/C47H48BrN9O4/c1-31-25-34(10-15-40(31)48)44(58)57-20-19-56(36-5-4-17-49-30-36)41(26-32-6-11-37(59-2)12-7-32)47(57,27-33-8-13-38(60-3)14-9-33)45-51-28-35(29-52-45)42-39-16-18-50-43(39)54-46(53-42)55-21-23-61-24-22-55/h4-15,17,25,28-30,41H,16,18-24,26-27H2,1-3H3,(H,50,53,54). The van der Waals surface area contributed by atoms with Crippen molar-refractivity contribution in [3.05, 3.63) is 142 Å². The van der Waals surface area contributed by atoms with E-state index in [1.165, 1.54) is 0 Å². The van der Waals surface area contributed by atoms with Gasteiger partial charge in [0.15, 0.2) is 5.82 Å². The summed E-state index contributed by atoms with van der Waals surface area (Å²) in [5.74, 6) is 3.44. The van der Waals surface area contributed by atoms with Crippen LogP contribution in [0.15, 0.2) is 108 Å². The van der Waals surface area contributed by atoms with Gasteiger partial charge in [0.05, 0.1) is 51.1 Å². The predicted octanol–water partition coefficient (Wildman–Crippen LogP) is 6.93. The minimum absolute atomic E-state index is 0.0998. The van der Waals surface area contributed by atoms with E-state index in [1.807, 2.05) is 78.9 Å². The van der Waals surface area contributed by atoms with Crippen molar-refractivity contribution in [2.24, 2.45) is 0 Å². The number of ether oxygens (including phenoxy) is 3. The number of piperazine rings is 1. The van der Waals surface area contributed by atoms with Crippen molar-refractivity contribution in [3.63, 3.8) is 0 Å². The molecule has 13 nitrogen and oxygen atoms in total. The Labute approximate surface area is 364 Å². The van der Waals surface area contributed by atoms with Gasteiger partial charge in [0, 0.05) is 78.9 Å². The highest BCUT2D eigenvalue weighted by atomic mass is 79.9. The van der Waals surface area contributed by atoms with E-state index in [-0.39, 0.29) is 11.9 Å². The number of pyridine rings is 1. The maximum Gasteiger partial charge on any atom is 0.254 e. The van der Waals surface area contributed by atoms with Gasteiger partial charge in [0.1, 0.15) is 22.9 Å². The topological polar surface area (TPSA) is 131 Å². The summed E-state index contributed by atoms with van der Waals surface area (Å²) >= 11 is 3.65. The van der Waals surface area contributed by atoms with Gasteiger partial charge in [-0.25, -0.2) is 15.0 Å². The van der Waals surface area contributed by atoms with Gasteiger partial charge in [0.2, 0.25) is 5.95 Å². The van der Waals surface area contributed by atoms with Gasteiger partial charge in [0.25, 0.3) is 5.91 Å². The zero-order valence-corrected chi connectivity index (χ0v) is 36.1. The van der Waals surface area contributed by atoms with Crippen molar-refractivity contribution in [1.29, 1.82) is 0 Å². The number of anilines is 3. The van der Waals surface area contributed by atoms with Crippen LogP contribution < -0.4 is 24.6 Å². The lowest BCUT2D eigenvalue weighted by atomic mass is 9.75. The molecule has 0 bridgehead atoms. The van der Waals surface area contributed by atoms with Crippen molar-refractivity contribution in [3.8, 4) is 22.8 Å². The number of carbonyl (C=O) groups is 1. The van der Waals surface area contributed by atoms with Gasteiger partial charge in [-0.05, 0) is 91.1 Å². The van der Waals surface area contributed by atoms with Crippen LogP contribution in [-0.4, -0.2) is 102 Å². The average Bonchev–Trinajstić information content (AvgIpc) is 3.80. The molecule has 6 heterocycles. The summed E-state index contributed by atoms with van der Waals surface area (Å²) in [5.41, 5.74) is 6.10. The highest BCUT2D eigenvalue weighted by Crippen LogP contribution is 2.44. The second-order valence-corrected chi connectivity index (χ2v) is 16.5. The van der Waals surface area contributed by atoms with E-state index in [2.05, 4.69) is 66.4 Å². The number of nitrogens with one attached hydrogen (secondary N) is 1. The normalized spacial score (nSPS) is 18.7. The number of aromatic nitrogens is 5. The largest absolute Gasteiger partial charge is 0.497 e. The summed E-state index contributed by atoms with van der Waals surface area (Å²) in [6.45, 7) is 6.41. The van der Waals surface area contributed by atoms with Crippen LogP contribution in [0.25, 0.3) is 11.3 Å². The van der Waals surface area contributed by atoms with Gasteiger partial charge < -0.3 is 34.2 Å². The number of aryl methyl sites for hydroxylation is 1. The molecule has 9 rings (SSSR count). The highest BCUT2D eigenvalue weighted by Gasteiger charge is 2.55. The average molecular weight is 883 g/mol. The molecule has 6 aromatic rings. The summed E-state index contributed by atoms with van der Waals surface area (Å²) in [4.78, 5) is 47.3. The van der Waals surface area contributed by atoms with Crippen LogP contribution in [-0.2, 0) is 29.5 Å². The van der Waals surface area contributed by atoms with E-state index in [4.69, 9.17) is 34.1 Å². The molecule has 3 aliphatic rings. The number of fused-ring (bicyclic) bond motifs is 1.